The molecule has 0 aliphatic carbocycles. The number of hydrogen-bond donors (Lipinski definition) is 2. The Morgan fingerprint density at radius 2 is 1.62 bits per heavy atom. The van der Waals surface area contributed by atoms with Gasteiger partial charge in [0.2, 0.25) is 0 Å². The molecule has 3 aromatic carbocycles. The van der Waals surface area contributed by atoms with Gasteiger partial charge in [0.25, 0.3) is 15.9 Å². The Morgan fingerprint density at radius 1 is 0.906 bits per heavy atom. The third-order valence-electron chi connectivity index (χ3n) is 5.04. The van der Waals surface area contributed by atoms with Crippen LogP contribution in [0, 0.1) is 20.8 Å². The third-order valence-corrected chi connectivity index (χ3v) is 7.45. The summed E-state index contributed by atoms with van der Waals surface area (Å²) in [5, 5.41) is 2.93. The number of sulfonamides is 1. The number of hydrogen-bond acceptors (Lipinski definition) is 4. The lowest BCUT2D eigenvalue weighted by atomic mass is 10.1. The van der Waals surface area contributed by atoms with Crippen LogP contribution in [0.5, 0.6) is 0 Å². The summed E-state index contributed by atoms with van der Waals surface area (Å²) in [5.74, 6) is 1.47. The van der Waals surface area contributed by atoms with Gasteiger partial charge in [0.05, 0.1) is 10.6 Å². The lowest BCUT2D eigenvalue weighted by Crippen LogP contribution is -2.27. The number of thioether (sulfide) groups is 1. The molecule has 0 unspecified atom stereocenters. The minimum absolute atomic E-state index is 0.183. The van der Waals surface area contributed by atoms with E-state index in [9.17, 15) is 13.2 Å². The van der Waals surface area contributed by atoms with Crippen LogP contribution in [0.1, 0.15) is 32.6 Å². The van der Waals surface area contributed by atoms with Gasteiger partial charge in [-0.05, 0) is 56.2 Å². The first-order valence-electron chi connectivity index (χ1n) is 10.4. The molecule has 0 atom stereocenters. The maximum Gasteiger partial charge on any atom is 0.261 e. The van der Waals surface area contributed by atoms with E-state index in [1.54, 1.807) is 61.2 Å². The number of carbonyl (C=O) groups is 1. The highest BCUT2D eigenvalue weighted by Crippen LogP contribution is 2.23. The molecule has 5 nitrogen and oxygen atoms in total. The average Bonchev–Trinajstić information content (AvgIpc) is 2.75. The van der Waals surface area contributed by atoms with Gasteiger partial charge in [0.1, 0.15) is 0 Å². The molecule has 168 valence electrons. The van der Waals surface area contributed by atoms with E-state index in [1.165, 1.54) is 11.1 Å². The second-order valence-corrected chi connectivity index (χ2v) is 10.5. The molecule has 0 spiro atoms. The van der Waals surface area contributed by atoms with Crippen LogP contribution in [-0.2, 0) is 15.8 Å². The van der Waals surface area contributed by atoms with Crippen LogP contribution in [0.2, 0.25) is 0 Å². The minimum atomic E-state index is -3.73. The molecule has 7 heteroatoms. The highest BCUT2D eigenvalue weighted by Gasteiger charge is 2.18. The predicted octanol–water partition coefficient (Wildman–Crippen LogP) is 5.08. The SMILES string of the molecule is Cc1ccc(S(=O)(=O)Nc2cccc(C(=O)NCCSCc3cccc(C)c3)c2C)cc1. The number of anilines is 1. The smallest absolute Gasteiger partial charge is 0.261 e. The predicted molar refractivity (Wildman–Crippen MR) is 133 cm³/mol. The second kappa shape index (κ2) is 10.7. The quantitative estimate of drug-likeness (QED) is 0.430. The fraction of sp³-hybridized carbons (Fsp3) is 0.240. The molecule has 0 heterocycles. The van der Waals surface area contributed by atoms with Crippen LogP contribution in [-0.4, -0.2) is 26.6 Å². The van der Waals surface area contributed by atoms with Crippen molar-refractivity contribution in [2.24, 2.45) is 0 Å². The van der Waals surface area contributed by atoms with Gasteiger partial charge >= 0.3 is 0 Å². The summed E-state index contributed by atoms with van der Waals surface area (Å²) in [4.78, 5) is 12.9. The molecule has 3 aromatic rings. The topological polar surface area (TPSA) is 75.3 Å². The first-order chi connectivity index (χ1) is 15.3. The van der Waals surface area contributed by atoms with Crippen molar-refractivity contribution in [1.82, 2.24) is 5.32 Å². The van der Waals surface area contributed by atoms with Crippen molar-refractivity contribution in [2.75, 3.05) is 17.0 Å². The lowest BCUT2D eigenvalue weighted by Gasteiger charge is -2.14. The maximum absolute atomic E-state index is 12.7. The highest BCUT2D eigenvalue weighted by molar-refractivity contribution is 7.98. The molecule has 0 aliphatic rings. The number of amides is 1. The van der Waals surface area contributed by atoms with E-state index in [0.29, 0.717) is 23.4 Å². The molecule has 0 saturated carbocycles. The molecule has 0 aliphatic heterocycles. The Morgan fingerprint density at radius 3 is 2.34 bits per heavy atom. The normalized spacial score (nSPS) is 11.2. The van der Waals surface area contributed by atoms with Gasteiger partial charge in [-0.25, -0.2) is 8.42 Å². The number of nitrogens with one attached hydrogen (secondary N) is 2. The van der Waals surface area contributed by atoms with Crippen LogP contribution in [0.3, 0.4) is 0 Å². The van der Waals surface area contributed by atoms with Crippen molar-refractivity contribution in [3.8, 4) is 0 Å². The van der Waals surface area contributed by atoms with Crippen molar-refractivity contribution in [2.45, 2.75) is 31.4 Å². The molecule has 0 radical (unpaired) electrons. The van der Waals surface area contributed by atoms with Crippen molar-refractivity contribution in [3.05, 3.63) is 94.5 Å². The Labute approximate surface area is 194 Å². The highest BCUT2D eigenvalue weighted by atomic mass is 32.2. The zero-order valence-corrected chi connectivity index (χ0v) is 20.1. The number of rotatable bonds is 9. The third kappa shape index (κ3) is 6.37. The second-order valence-electron chi connectivity index (χ2n) is 7.69. The Kier molecular flexibility index (Phi) is 7.99. The van der Waals surface area contributed by atoms with E-state index in [1.807, 2.05) is 6.92 Å². The molecular formula is C25H28N2O3S2. The zero-order valence-electron chi connectivity index (χ0n) is 18.5. The molecule has 32 heavy (non-hydrogen) atoms. The van der Waals surface area contributed by atoms with Crippen molar-refractivity contribution in [1.29, 1.82) is 0 Å². The van der Waals surface area contributed by atoms with E-state index >= 15 is 0 Å². The molecule has 1 amide bonds. The number of benzene rings is 3. The number of aryl methyl sites for hydroxylation is 2. The molecular weight excluding hydrogens is 440 g/mol. The summed E-state index contributed by atoms with van der Waals surface area (Å²) in [5.41, 5.74) is 4.93. The fourth-order valence-electron chi connectivity index (χ4n) is 3.24. The molecule has 0 saturated heterocycles. The summed E-state index contributed by atoms with van der Waals surface area (Å²) < 4.78 is 28.0. The van der Waals surface area contributed by atoms with Crippen molar-refractivity contribution in [3.63, 3.8) is 0 Å². The van der Waals surface area contributed by atoms with Gasteiger partial charge in [0.15, 0.2) is 0 Å². The Bertz CT molecular complexity index is 1190. The molecule has 0 fully saturated rings. The van der Waals surface area contributed by atoms with Crippen LogP contribution in [0.4, 0.5) is 5.69 Å². The lowest BCUT2D eigenvalue weighted by molar-refractivity contribution is 0.0955. The molecule has 0 bridgehead atoms. The maximum atomic E-state index is 12.7. The van der Waals surface area contributed by atoms with Gasteiger partial charge in [-0.1, -0.05) is 53.6 Å². The van der Waals surface area contributed by atoms with Crippen LogP contribution < -0.4 is 10.0 Å². The Hall–Kier alpha value is -2.77. The summed E-state index contributed by atoms with van der Waals surface area (Å²) >= 11 is 1.76. The van der Waals surface area contributed by atoms with Gasteiger partial charge in [-0.3, -0.25) is 9.52 Å². The van der Waals surface area contributed by atoms with Gasteiger partial charge < -0.3 is 5.32 Å². The van der Waals surface area contributed by atoms with Gasteiger partial charge in [-0.15, -0.1) is 0 Å². The molecule has 0 aromatic heterocycles. The number of carbonyl (C=O) groups excluding carboxylic acids is 1. The minimum Gasteiger partial charge on any atom is -0.351 e. The summed E-state index contributed by atoms with van der Waals surface area (Å²) in [6.45, 7) is 6.26. The van der Waals surface area contributed by atoms with E-state index in [0.717, 1.165) is 17.1 Å². The van der Waals surface area contributed by atoms with E-state index in [4.69, 9.17) is 0 Å². The largest absolute Gasteiger partial charge is 0.351 e. The zero-order chi connectivity index (χ0) is 23.1. The fourth-order valence-corrected chi connectivity index (χ4v) is 5.17. The molecule has 2 N–H and O–H groups in total. The Balaban J connectivity index is 1.58. The average molecular weight is 469 g/mol. The summed E-state index contributed by atoms with van der Waals surface area (Å²) in [7, 11) is -3.73. The first-order valence-corrected chi connectivity index (χ1v) is 13.0. The van der Waals surface area contributed by atoms with E-state index in [2.05, 4.69) is 41.2 Å². The first kappa shape index (κ1) is 23.9. The monoisotopic (exact) mass is 468 g/mol. The van der Waals surface area contributed by atoms with Crippen LogP contribution >= 0.6 is 11.8 Å². The van der Waals surface area contributed by atoms with Crippen LogP contribution in [0.15, 0.2) is 71.6 Å². The van der Waals surface area contributed by atoms with Crippen molar-refractivity contribution < 1.29 is 13.2 Å². The summed E-state index contributed by atoms with van der Waals surface area (Å²) in [6.07, 6.45) is 0. The van der Waals surface area contributed by atoms with Gasteiger partial charge in [-0.2, -0.15) is 11.8 Å². The van der Waals surface area contributed by atoms with E-state index in [-0.39, 0.29) is 10.8 Å². The standard InChI is InChI=1S/C25H28N2O3S2/c1-18-10-12-22(13-11-18)32(29,30)27-24-9-5-8-23(20(24)3)25(28)26-14-15-31-17-21-7-4-6-19(2)16-21/h4-13,16,27H,14-15,17H2,1-3H3,(H,26,28). The molecule has 3 rings (SSSR count). The van der Waals surface area contributed by atoms with Crippen molar-refractivity contribution >= 4 is 33.4 Å². The van der Waals surface area contributed by atoms with Gasteiger partial charge in [0, 0.05) is 23.6 Å². The summed E-state index contributed by atoms with van der Waals surface area (Å²) in [6, 6.07) is 20.1. The van der Waals surface area contributed by atoms with Crippen LogP contribution in [0.25, 0.3) is 0 Å². The van der Waals surface area contributed by atoms with E-state index < -0.39 is 10.0 Å².